The third-order valence-corrected chi connectivity index (χ3v) is 3.69. The van der Waals surface area contributed by atoms with Gasteiger partial charge in [0.25, 0.3) is 0 Å². The van der Waals surface area contributed by atoms with Crippen LogP contribution in [0.1, 0.15) is 52.1 Å². The minimum Gasteiger partial charge on any atom is -0.376 e. The summed E-state index contributed by atoms with van der Waals surface area (Å²) in [7, 11) is 2.02. The lowest BCUT2D eigenvalue weighted by molar-refractivity contribution is -0.00506. The van der Waals surface area contributed by atoms with Gasteiger partial charge in [-0.1, -0.05) is 58.0 Å². The predicted octanol–water partition coefficient (Wildman–Crippen LogP) is 4.42. The molecule has 2 unspecified atom stereocenters. The van der Waals surface area contributed by atoms with E-state index >= 15 is 0 Å². The van der Waals surface area contributed by atoms with Gasteiger partial charge < -0.3 is 10.1 Å². The van der Waals surface area contributed by atoms with E-state index in [1.165, 1.54) is 12.0 Å². The van der Waals surface area contributed by atoms with Crippen LogP contribution in [-0.4, -0.2) is 19.8 Å². The summed E-state index contributed by atoms with van der Waals surface area (Å²) in [6.07, 6.45) is 2.60. The average molecular weight is 277 g/mol. The van der Waals surface area contributed by atoms with Crippen LogP contribution in [-0.2, 0) is 4.74 Å². The van der Waals surface area contributed by atoms with E-state index in [1.807, 2.05) is 7.05 Å². The highest BCUT2D eigenvalue weighted by molar-refractivity contribution is 5.20. The molecule has 1 N–H and O–H groups in total. The van der Waals surface area contributed by atoms with Crippen LogP contribution in [0.15, 0.2) is 30.3 Å². The molecule has 114 valence electrons. The molecule has 1 aromatic carbocycles. The number of nitrogens with one attached hydrogen (secondary N) is 1. The summed E-state index contributed by atoms with van der Waals surface area (Å²) >= 11 is 0. The maximum atomic E-state index is 6.20. The normalized spacial score (nSPS) is 14.8. The molecule has 0 heterocycles. The lowest BCUT2D eigenvalue weighted by Gasteiger charge is -2.30. The van der Waals surface area contributed by atoms with E-state index in [0.29, 0.717) is 5.92 Å². The van der Waals surface area contributed by atoms with Gasteiger partial charge in [-0.05, 0) is 37.3 Å². The van der Waals surface area contributed by atoms with E-state index in [1.54, 1.807) is 0 Å². The Bertz CT molecular complexity index is 348. The Morgan fingerprint density at radius 1 is 1.05 bits per heavy atom. The van der Waals surface area contributed by atoms with Gasteiger partial charge >= 0.3 is 0 Å². The lowest BCUT2D eigenvalue weighted by Crippen LogP contribution is -2.35. The molecule has 1 rings (SSSR count). The number of hydrogen-bond donors (Lipinski definition) is 1. The second kappa shape index (κ2) is 9.15. The van der Waals surface area contributed by atoms with Crippen molar-refractivity contribution in [2.45, 2.75) is 52.7 Å². The Hall–Kier alpha value is -0.860. The van der Waals surface area contributed by atoms with E-state index in [2.05, 4.69) is 63.3 Å². The van der Waals surface area contributed by atoms with Crippen molar-refractivity contribution in [3.8, 4) is 0 Å². The maximum absolute atomic E-state index is 6.20. The van der Waals surface area contributed by atoms with Gasteiger partial charge in [0.05, 0.1) is 12.1 Å². The van der Waals surface area contributed by atoms with Crippen molar-refractivity contribution in [3.05, 3.63) is 35.9 Å². The predicted molar refractivity (Wildman–Crippen MR) is 86.9 cm³/mol. The highest BCUT2D eigenvalue weighted by atomic mass is 16.5. The minimum atomic E-state index is 0.217. The molecule has 1 aromatic rings. The van der Waals surface area contributed by atoms with Gasteiger partial charge in [0, 0.05) is 6.61 Å². The van der Waals surface area contributed by atoms with E-state index in [4.69, 9.17) is 4.74 Å². The summed E-state index contributed by atoms with van der Waals surface area (Å²) < 4.78 is 6.20. The monoisotopic (exact) mass is 277 g/mol. The highest BCUT2D eigenvalue weighted by Gasteiger charge is 2.25. The standard InChI is InChI=1S/C18H31NO/c1-14(2)10-9-13-20-18(15(3)4)17(19-5)16-11-7-6-8-12-16/h6-8,11-12,14-15,17-19H,9-10,13H2,1-5H3. The van der Waals surface area contributed by atoms with Crippen LogP contribution in [0.3, 0.4) is 0 Å². The zero-order valence-electron chi connectivity index (χ0n) is 13.7. The molecule has 20 heavy (non-hydrogen) atoms. The molecule has 0 amide bonds. The summed E-state index contributed by atoms with van der Waals surface area (Å²) in [5.74, 6) is 1.25. The lowest BCUT2D eigenvalue weighted by atomic mass is 9.93. The van der Waals surface area contributed by atoms with Crippen LogP contribution >= 0.6 is 0 Å². The first kappa shape index (κ1) is 17.2. The zero-order valence-corrected chi connectivity index (χ0v) is 13.7. The summed E-state index contributed by atoms with van der Waals surface area (Å²) in [5.41, 5.74) is 1.30. The molecule has 0 saturated carbocycles. The third kappa shape index (κ3) is 5.64. The van der Waals surface area contributed by atoms with E-state index in [0.717, 1.165) is 18.9 Å². The number of likely N-dealkylation sites (N-methyl/N-ethyl adjacent to an activating group) is 1. The van der Waals surface area contributed by atoms with Crippen molar-refractivity contribution in [3.63, 3.8) is 0 Å². The van der Waals surface area contributed by atoms with E-state index in [9.17, 15) is 0 Å². The highest BCUT2D eigenvalue weighted by Crippen LogP contribution is 2.24. The van der Waals surface area contributed by atoms with Crippen molar-refractivity contribution >= 4 is 0 Å². The largest absolute Gasteiger partial charge is 0.376 e. The number of hydrogen-bond acceptors (Lipinski definition) is 2. The number of rotatable bonds is 9. The number of ether oxygens (including phenoxy) is 1. The maximum Gasteiger partial charge on any atom is 0.0792 e. The van der Waals surface area contributed by atoms with E-state index < -0.39 is 0 Å². The Morgan fingerprint density at radius 2 is 1.70 bits per heavy atom. The molecule has 0 aromatic heterocycles. The first-order valence-electron chi connectivity index (χ1n) is 7.90. The topological polar surface area (TPSA) is 21.3 Å². The van der Waals surface area contributed by atoms with Crippen molar-refractivity contribution in [1.29, 1.82) is 0 Å². The van der Waals surface area contributed by atoms with Crippen LogP contribution in [0.25, 0.3) is 0 Å². The Labute approximate surface area is 124 Å². The molecule has 2 atom stereocenters. The molecule has 0 aliphatic carbocycles. The van der Waals surface area contributed by atoms with Crippen LogP contribution < -0.4 is 5.32 Å². The van der Waals surface area contributed by atoms with Crippen molar-refractivity contribution < 1.29 is 4.74 Å². The fourth-order valence-corrected chi connectivity index (χ4v) is 2.57. The van der Waals surface area contributed by atoms with Crippen molar-refractivity contribution in [1.82, 2.24) is 5.32 Å². The summed E-state index contributed by atoms with van der Waals surface area (Å²) in [6.45, 7) is 9.85. The Balaban J connectivity index is 2.63. The SMILES string of the molecule is CNC(c1ccccc1)C(OCCCC(C)C)C(C)C. The van der Waals surface area contributed by atoms with Crippen LogP contribution in [0, 0.1) is 11.8 Å². The molecule has 2 heteroatoms. The molecule has 2 nitrogen and oxygen atoms in total. The molecular formula is C18H31NO. The van der Waals surface area contributed by atoms with Gasteiger partial charge in [-0.15, -0.1) is 0 Å². The van der Waals surface area contributed by atoms with Crippen LogP contribution in [0.4, 0.5) is 0 Å². The van der Waals surface area contributed by atoms with Crippen LogP contribution in [0.2, 0.25) is 0 Å². The molecule has 0 fully saturated rings. The zero-order chi connectivity index (χ0) is 15.0. The first-order valence-corrected chi connectivity index (χ1v) is 7.90. The molecule has 0 aliphatic rings. The second-order valence-corrected chi connectivity index (χ2v) is 6.29. The van der Waals surface area contributed by atoms with Gasteiger partial charge in [0.1, 0.15) is 0 Å². The smallest absolute Gasteiger partial charge is 0.0792 e. The van der Waals surface area contributed by atoms with Gasteiger partial charge in [-0.3, -0.25) is 0 Å². The summed E-state index contributed by atoms with van der Waals surface area (Å²) in [5, 5.41) is 3.42. The molecule has 0 bridgehead atoms. The average Bonchev–Trinajstić information content (AvgIpc) is 2.42. The minimum absolute atomic E-state index is 0.217. The van der Waals surface area contributed by atoms with Crippen molar-refractivity contribution in [2.24, 2.45) is 11.8 Å². The fourth-order valence-electron chi connectivity index (χ4n) is 2.57. The van der Waals surface area contributed by atoms with Gasteiger partial charge in [-0.2, -0.15) is 0 Å². The molecule has 0 spiro atoms. The summed E-state index contributed by atoms with van der Waals surface area (Å²) in [4.78, 5) is 0. The third-order valence-electron chi connectivity index (χ3n) is 3.69. The Kier molecular flexibility index (Phi) is 7.86. The summed E-state index contributed by atoms with van der Waals surface area (Å²) in [6, 6.07) is 10.9. The van der Waals surface area contributed by atoms with E-state index in [-0.39, 0.29) is 12.1 Å². The molecule has 0 saturated heterocycles. The quantitative estimate of drug-likeness (QED) is 0.674. The molecule has 0 aliphatic heterocycles. The first-order chi connectivity index (χ1) is 9.56. The Morgan fingerprint density at radius 3 is 2.20 bits per heavy atom. The fraction of sp³-hybridized carbons (Fsp3) is 0.667. The van der Waals surface area contributed by atoms with Crippen LogP contribution in [0.5, 0.6) is 0 Å². The second-order valence-electron chi connectivity index (χ2n) is 6.29. The van der Waals surface area contributed by atoms with Crippen molar-refractivity contribution in [2.75, 3.05) is 13.7 Å². The van der Waals surface area contributed by atoms with Gasteiger partial charge in [0.2, 0.25) is 0 Å². The molecular weight excluding hydrogens is 246 g/mol. The molecule has 0 radical (unpaired) electrons. The van der Waals surface area contributed by atoms with Gasteiger partial charge in [0.15, 0.2) is 0 Å². The number of benzene rings is 1. The van der Waals surface area contributed by atoms with Gasteiger partial charge in [-0.25, -0.2) is 0 Å².